The number of ether oxygens (including phenoxy) is 1. The lowest BCUT2D eigenvalue weighted by Crippen LogP contribution is -2.48. The molecule has 0 aromatic rings. The summed E-state index contributed by atoms with van der Waals surface area (Å²) in [5.74, 6) is 0.690. The van der Waals surface area contributed by atoms with Gasteiger partial charge in [0.1, 0.15) is 12.3 Å². The van der Waals surface area contributed by atoms with Crippen molar-refractivity contribution >= 4 is 0 Å². The molecule has 0 aromatic heterocycles. The summed E-state index contributed by atoms with van der Waals surface area (Å²) < 4.78 is 5.63. The Hall–Kier alpha value is -0.200. The van der Waals surface area contributed by atoms with Crippen LogP contribution in [-0.4, -0.2) is 63.2 Å². The van der Waals surface area contributed by atoms with Crippen LogP contribution in [0.25, 0.3) is 0 Å². The van der Waals surface area contributed by atoms with Crippen molar-refractivity contribution in [2.75, 3.05) is 33.9 Å². The second-order valence-electron chi connectivity index (χ2n) is 4.88. The van der Waals surface area contributed by atoms with Crippen molar-refractivity contribution in [1.82, 2.24) is 20.9 Å². The highest BCUT2D eigenvalue weighted by Crippen LogP contribution is 2.34. The van der Waals surface area contributed by atoms with E-state index >= 15 is 0 Å². The average molecular weight is 212 g/mol. The SMILES string of the molecule is CNCC1CNC2C3OC3NCN(C)C12. The molecule has 3 fully saturated rings. The van der Waals surface area contributed by atoms with Crippen molar-refractivity contribution in [1.29, 1.82) is 0 Å². The Morgan fingerprint density at radius 2 is 2.33 bits per heavy atom. The third-order valence-electron chi connectivity index (χ3n) is 3.86. The molecule has 0 saturated carbocycles. The van der Waals surface area contributed by atoms with Crippen molar-refractivity contribution < 1.29 is 4.74 Å². The fraction of sp³-hybridized carbons (Fsp3) is 1.00. The van der Waals surface area contributed by atoms with E-state index in [-0.39, 0.29) is 0 Å². The molecule has 86 valence electrons. The first-order chi connectivity index (χ1) is 7.31. The zero-order chi connectivity index (χ0) is 10.4. The smallest absolute Gasteiger partial charge is 0.137 e. The Morgan fingerprint density at radius 1 is 1.47 bits per heavy atom. The molecular formula is C10H20N4O. The molecule has 5 heteroatoms. The zero-order valence-electron chi connectivity index (χ0n) is 9.36. The minimum Gasteiger partial charge on any atom is -0.351 e. The van der Waals surface area contributed by atoms with Gasteiger partial charge in [-0.15, -0.1) is 0 Å². The second kappa shape index (κ2) is 3.68. The third kappa shape index (κ3) is 1.59. The van der Waals surface area contributed by atoms with Gasteiger partial charge in [-0.2, -0.15) is 0 Å². The molecule has 0 bridgehead atoms. The number of epoxide rings is 1. The molecule has 5 nitrogen and oxygen atoms in total. The molecule has 5 unspecified atom stereocenters. The first kappa shape index (κ1) is 9.99. The molecule has 0 amide bonds. The van der Waals surface area contributed by atoms with Gasteiger partial charge in [-0.3, -0.25) is 10.2 Å². The Balaban J connectivity index is 1.76. The highest BCUT2D eigenvalue weighted by atomic mass is 16.6. The predicted molar refractivity (Wildman–Crippen MR) is 57.4 cm³/mol. The molecule has 0 aromatic carbocycles. The van der Waals surface area contributed by atoms with Gasteiger partial charge >= 0.3 is 0 Å². The molecule has 0 spiro atoms. The van der Waals surface area contributed by atoms with Crippen LogP contribution in [0, 0.1) is 5.92 Å². The van der Waals surface area contributed by atoms with Gasteiger partial charge in [0.15, 0.2) is 0 Å². The third-order valence-corrected chi connectivity index (χ3v) is 3.86. The van der Waals surface area contributed by atoms with Crippen LogP contribution in [0.3, 0.4) is 0 Å². The van der Waals surface area contributed by atoms with Crippen LogP contribution in [0.1, 0.15) is 0 Å². The zero-order valence-corrected chi connectivity index (χ0v) is 9.36. The van der Waals surface area contributed by atoms with E-state index in [0.717, 1.165) is 19.8 Å². The van der Waals surface area contributed by atoms with Gasteiger partial charge in [-0.05, 0) is 14.1 Å². The van der Waals surface area contributed by atoms with E-state index in [2.05, 4.69) is 27.9 Å². The number of likely N-dealkylation sites (N-methyl/N-ethyl adjacent to an activating group) is 1. The molecule has 3 rings (SSSR count). The monoisotopic (exact) mass is 212 g/mol. The van der Waals surface area contributed by atoms with Gasteiger partial charge in [0.2, 0.25) is 0 Å². The van der Waals surface area contributed by atoms with Crippen LogP contribution in [0.2, 0.25) is 0 Å². The van der Waals surface area contributed by atoms with Crippen LogP contribution in [0.15, 0.2) is 0 Å². The molecule has 3 saturated heterocycles. The second-order valence-corrected chi connectivity index (χ2v) is 4.88. The molecule has 15 heavy (non-hydrogen) atoms. The minimum atomic E-state index is 0.295. The highest BCUT2D eigenvalue weighted by molar-refractivity contribution is 5.08. The van der Waals surface area contributed by atoms with Crippen molar-refractivity contribution in [3.63, 3.8) is 0 Å². The molecule has 0 aliphatic carbocycles. The molecular weight excluding hydrogens is 192 g/mol. The number of nitrogens with zero attached hydrogens (tertiary/aromatic N) is 1. The Kier molecular flexibility index (Phi) is 2.45. The minimum absolute atomic E-state index is 0.295. The van der Waals surface area contributed by atoms with Gasteiger partial charge in [-0.25, -0.2) is 0 Å². The summed E-state index contributed by atoms with van der Waals surface area (Å²) in [5.41, 5.74) is 0. The summed E-state index contributed by atoms with van der Waals surface area (Å²) in [6.45, 7) is 3.12. The maximum Gasteiger partial charge on any atom is 0.137 e. The predicted octanol–water partition coefficient (Wildman–Crippen LogP) is -1.62. The van der Waals surface area contributed by atoms with Crippen LogP contribution in [0.5, 0.6) is 0 Å². The van der Waals surface area contributed by atoms with E-state index in [1.54, 1.807) is 0 Å². The molecule has 0 radical (unpaired) electrons. The Labute approximate surface area is 90.5 Å². The largest absolute Gasteiger partial charge is 0.351 e. The van der Waals surface area contributed by atoms with Crippen molar-refractivity contribution in [3.8, 4) is 0 Å². The first-order valence-electron chi connectivity index (χ1n) is 5.78. The standard InChI is InChI=1S/C10H20N4O/c1-11-3-6-4-12-7-8(6)14(2)5-13-10-9(7)15-10/h6-13H,3-5H2,1-2H3. The van der Waals surface area contributed by atoms with Crippen molar-refractivity contribution in [2.45, 2.75) is 24.4 Å². The topological polar surface area (TPSA) is 51.9 Å². The Bertz CT molecular complexity index is 250. The highest BCUT2D eigenvalue weighted by Gasteiger charge is 2.54. The van der Waals surface area contributed by atoms with E-state index in [1.165, 1.54) is 0 Å². The van der Waals surface area contributed by atoms with Crippen LogP contribution in [-0.2, 0) is 4.74 Å². The maximum absolute atomic E-state index is 5.63. The van der Waals surface area contributed by atoms with E-state index in [0.29, 0.717) is 30.3 Å². The van der Waals surface area contributed by atoms with E-state index < -0.39 is 0 Å². The molecule has 3 aliphatic heterocycles. The van der Waals surface area contributed by atoms with Crippen molar-refractivity contribution in [3.05, 3.63) is 0 Å². The fourth-order valence-electron chi connectivity index (χ4n) is 3.12. The summed E-state index contributed by atoms with van der Waals surface area (Å²) in [6.07, 6.45) is 0.685. The van der Waals surface area contributed by atoms with E-state index in [1.807, 2.05) is 7.05 Å². The first-order valence-corrected chi connectivity index (χ1v) is 5.78. The lowest BCUT2D eigenvalue weighted by Gasteiger charge is -2.31. The van der Waals surface area contributed by atoms with Crippen LogP contribution in [0.4, 0.5) is 0 Å². The van der Waals surface area contributed by atoms with Crippen LogP contribution >= 0.6 is 0 Å². The quantitative estimate of drug-likeness (QED) is 0.480. The summed E-state index contributed by atoms with van der Waals surface area (Å²) in [7, 11) is 4.23. The average Bonchev–Trinajstić information content (AvgIpc) is 2.90. The number of fused-ring (bicyclic) bond motifs is 3. The lowest BCUT2D eigenvalue weighted by atomic mass is 9.96. The van der Waals surface area contributed by atoms with Crippen molar-refractivity contribution in [2.24, 2.45) is 5.92 Å². The number of hydrogen-bond donors (Lipinski definition) is 3. The molecule has 5 atom stereocenters. The fourth-order valence-corrected chi connectivity index (χ4v) is 3.12. The summed E-state index contributed by atoms with van der Waals surface area (Å²) in [5, 5.41) is 10.3. The number of rotatable bonds is 2. The van der Waals surface area contributed by atoms with Gasteiger partial charge in [0.25, 0.3) is 0 Å². The van der Waals surface area contributed by atoms with Crippen LogP contribution < -0.4 is 16.0 Å². The molecule has 3 N–H and O–H groups in total. The van der Waals surface area contributed by atoms with Gasteiger partial charge in [0, 0.05) is 25.0 Å². The lowest BCUT2D eigenvalue weighted by molar-refractivity contribution is 0.145. The van der Waals surface area contributed by atoms with E-state index in [9.17, 15) is 0 Å². The van der Waals surface area contributed by atoms with Gasteiger partial charge in [0.05, 0.1) is 12.7 Å². The normalized spacial score (nSPS) is 49.6. The number of nitrogens with one attached hydrogen (secondary N) is 3. The molecule has 3 heterocycles. The van der Waals surface area contributed by atoms with Gasteiger partial charge < -0.3 is 15.4 Å². The maximum atomic E-state index is 5.63. The summed E-state index contributed by atoms with van der Waals surface area (Å²) in [6, 6.07) is 1.11. The molecule has 3 aliphatic rings. The van der Waals surface area contributed by atoms with Gasteiger partial charge in [-0.1, -0.05) is 0 Å². The summed E-state index contributed by atoms with van der Waals surface area (Å²) in [4.78, 5) is 2.42. The summed E-state index contributed by atoms with van der Waals surface area (Å²) >= 11 is 0. The number of hydrogen-bond acceptors (Lipinski definition) is 5. The Morgan fingerprint density at radius 3 is 3.13 bits per heavy atom. The van der Waals surface area contributed by atoms with E-state index in [4.69, 9.17) is 4.74 Å².